The summed E-state index contributed by atoms with van der Waals surface area (Å²) in [5, 5.41) is 3.42. The zero-order valence-corrected chi connectivity index (χ0v) is 16.1. The van der Waals surface area contributed by atoms with Gasteiger partial charge in [0.2, 0.25) is 0 Å². The number of aromatic amines is 1. The molecule has 0 saturated carbocycles. The van der Waals surface area contributed by atoms with Gasteiger partial charge >= 0.3 is 5.69 Å². The Morgan fingerprint density at radius 2 is 1.77 bits per heavy atom. The minimum absolute atomic E-state index is 0.188. The van der Waals surface area contributed by atoms with Gasteiger partial charge in [0.25, 0.3) is 0 Å². The van der Waals surface area contributed by atoms with E-state index in [0.29, 0.717) is 0 Å². The van der Waals surface area contributed by atoms with Gasteiger partial charge in [0.15, 0.2) is 0 Å². The van der Waals surface area contributed by atoms with Crippen LogP contribution in [0, 0.1) is 0 Å². The van der Waals surface area contributed by atoms with E-state index < -0.39 is 0 Å². The summed E-state index contributed by atoms with van der Waals surface area (Å²) in [6.07, 6.45) is 7.01. The minimum Gasteiger partial charge on any atom is -0.380 e. The summed E-state index contributed by atoms with van der Waals surface area (Å²) in [6, 6.07) is 21.9. The quantitative estimate of drug-likeness (QED) is 0.464. The number of anilines is 1. The molecule has 0 aliphatic carbocycles. The molecule has 0 spiro atoms. The molecule has 2 aromatic carbocycles. The topological polar surface area (TPSA) is 75.6 Å². The maximum Gasteiger partial charge on any atom is 0.331 e. The van der Waals surface area contributed by atoms with Gasteiger partial charge in [-0.3, -0.25) is 14.5 Å². The van der Waals surface area contributed by atoms with E-state index in [0.717, 1.165) is 40.1 Å². The third-order valence-corrected chi connectivity index (χ3v) is 5.00. The summed E-state index contributed by atoms with van der Waals surface area (Å²) in [4.78, 5) is 23.9. The largest absolute Gasteiger partial charge is 0.380 e. The molecule has 3 heterocycles. The second-order valence-corrected chi connectivity index (χ2v) is 7.01. The fraction of sp³-hybridized carbons (Fsp3) is 0.0417. The van der Waals surface area contributed by atoms with Crippen molar-refractivity contribution in [3.63, 3.8) is 0 Å². The maximum absolute atomic E-state index is 12.5. The molecule has 0 bridgehead atoms. The summed E-state index contributed by atoms with van der Waals surface area (Å²) in [5.74, 6) is 0. The SMILES string of the molecule is O=c1[nH]c2ccc(-c3cncc(NCc4ccccc4)c3)cc2n1-c1cccnc1. The first-order chi connectivity index (χ1) is 14.8. The van der Waals surface area contributed by atoms with Crippen molar-refractivity contribution in [1.82, 2.24) is 19.5 Å². The van der Waals surface area contributed by atoms with E-state index in [4.69, 9.17) is 0 Å². The Morgan fingerprint density at radius 1 is 0.867 bits per heavy atom. The molecule has 5 rings (SSSR count). The lowest BCUT2D eigenvalue weighted by Crippen LogP contribution is -2.14. The Morgan fingerprint density at radius 3 is 2.60 bits per heavy atom. The highest BCUT2D eigenvalue weighted by atomic mass is 16.1. The molecule has 0 fully saturated rings. The zero-order chi connectivity index (χ0) is 20.3. The first-order valence-corrected chi connectivity index (χ1v) is 9.66. The molecular weight excluding hydrogens is 374 g/mol. The van der Waals surface area contributed by atoms with Gasteiger partial charge < -0.3 is 10.3 Å². The Hall–Kier alpha value is -4.19. The number of H-pyrrole nitrogens is 1. The number of benzene rings is 2. The Kier molecular flexibility index (Phi) is 4.57. The van der Waals surface area contributed by atoms with Crippen molar-refractivity contribution in [3.05, 3.63) is 108 Å². The van der Waals surface area contributed by atoms with E-state index in [2.05, 4.69) is 38.5 Å². The number of pyridine rings is 2. The number of nitrogens with zero attached hydrogens (tertiary/aromatic N) is 3. The third-order valence-electron chi connectivity index (χ3n) is 5.00. The number of aromatic nitrogens is 4. The Labute approximate surface area is 172 Å². The van der Waals surface area contributed by atoms with Crippen LogP contribution in [0.3, 0.4) is 0 Å². The molecule has 0 amide bonds. The second-order valence-electron chi connectivity index (χ2n) is 7.01. The molecule has 30 heavy (non-hydrogen) atoms. The molecule has 0 saturated heterocycles. The van der Waals surface area contributed by atoms with Gasteiger partial charge in [-0.05, 0) is 41.5 Å². The summed E-state index contributed by atoms with van der Waals surface area (Å²) >= 11 is 0. The van der Waals surface area contributed by atoms with Crippen LogP contribution >= 0.6 is 0 Å². The molecule has 6 nitrogen and oxygen atoms in total. The fourth-order valence-electron chi connectivity index (χ4n) is 3.52. The molecule has 0 aliphatic heterocycles. The van der Waals surface area contributed by atoms with E-state index in [-0.39, 0.29) is 5.69 Å². The molecule has 3 aromatic heterocycles. The average Bonchev–Trinajstić information content (AvgIpc) is 3.14. The van der Waals surface area contributed by atoms with E-state index in [1.54, 1.807) is 17.0 Å². The molecule has 0 unspecified atom stereocenters. The first kappa shape index (κ1) is 17.9. The Balaban J connectivity index is 1.50. The van der Waals surface area contributed by atoms with Crippen LogP contribution in [0.4, 0.5) is 5.69 Å². The monoisotopic (exact) mass is 393 g/mol. The van der Waals surface area contributed by atoms with Crippen LogP contribution in [-0.4, -0.2) is 19.5 Å². The van der Waals surface area contributed by atoms with Crippen LogP contribution in [0.2, 0.25) is 0 Å². The normalized spacial score (nSPS) is 10.9. The van der Waals surface area contributed by atoms with Crippen LogP contribution in [0.15, 0.2) is 96.3 Å². The third kappa shape index (κ3) is 3.46. The van der Waals surface area contributed by atoms with Gasteiger partial charge in [-0.1, -0.05) is 36.4 Å². The number of hydrogen-bond acceptors (Lipinski definition) is 4. The molecule has 6 heteroatoms. The Bertz CT molecular complexity index is 1360. The van der Waals surface area contributed by atoms with Crippen LogP contribution in [0.1, 0.15) is 5.56 Å². The standard InChI is InChI=1S/C24H19N5O/c30-24-28-22-9-8-18(12-23(22)29(24)21-7-4-10-25-16-21)19-11-20(15-26-14-19)27-13-17-5-2-1-3-6-17/h1-12,14-16,27H,13H2,(H,28,30). The van der Waals surface area contributed by atoms with Crippen LogP contribution < -0.4 is 11.0 Å². The highest BCUT2D eigenvalue weighted by Crippen LogP contribution is 2.26. The van der Waals surface area contributed by atoms with Gasteiger partial charge in [-0.2, -0.15) is 0 Å². The predicted molar refractivity (Wildman–Crippen MR) is 119 cm³/mol. The van der Waals surface area contributed by atoms with E-state index >= 15 is 0 Å². The van der Waals surface area contributed by atoms with Crippen molar-refractivity contribution in [2.75, 3.05) is 5.32 Å². The van der Waals surface area contributed by atoms with Gasteiger partial charge in [-0.25, -0.2) is 4.79 Å². The molecule has 2 N–H and O–H groups in total. The second kappa shape index (κ2) is 7.67. The first-order valence-electron chi connectivity index (χ1n) is 9.66. The molecule has 146 valence electrons. The van der Waals surface area contributed by atoms with Gasteiger partial charge in [0.1, 0.15) is 0 Å². The van der Waals surface area contributed by atoms with Crippen LogP contribution in [-0.2, 0) is 6.54 Å². The van der Waals surface area contributed by atoms with Crippen molar-refractivity contribution in [3.8, 4) is 16.8 Å². The van der Waals surface area contributed by atoms with Crippen LogP contribution in [0.25, 0.3) is 27.8 Å². The van der Waals surface area contributed by atoms with E-state index in [1.165, 1.54) is 5.56 Å². The summed E-state index contributed by atoms with van der Waals surface area (Å²) in [7, 11) is 0. The molecule has 5 aromatic rings. The number of fused-ring (bicyclic) bond motifs is 1. The van der Waals surface area contributed by atoms with Crippen molar-refractivity contribution >= 4 is 16.7 Å². The molecular formula is C24H19N5O. The van der Waals surface area contributed by atoms with Crippen LogP contribution in [0.5, 0.6) is 0 Å². The van der Waals surface area contributed by atoms with Gasteiger partial charge in [0, 0.05) is 30.7 Å². The van der Waals surface area contributed by atoms with Gasteiger partial charge in [-0.15, -0.1) is 0 Å². The lowest BCUT2D eigenvalue weighted by Gasteiger charge is -2.09. The van der Waals surface area contributed by atoms with E-state index in [9.17, 15) is 4.79 Å². The zero-order valence-electron chi connectivity index (χ0n) is 16.1. The number of nitrogens with one attached hydrogen (secondary N) is 2. The van der Waals surface area contributed by atoms with E-state index in [1.807, 2.05) is 60.9 Å². The smallest absolute Gasteiger partial charge is 0.331 e. The highest BCUT2D eigenvalue weighted by Gasteiger charge is 2.11. The minimum atomic E-state index is -0.188. The number of imidazole rings is 1. The summed E-state index contributed by atoms with van der Waals surface area (Å²) < 4.78 is 1.64. The molecule has 0 atom stereocenters. The van der Waals surface area contributed by atoms with Crippen molar-refractivity contribution in [2.24, 2.45) is 0 Å². The van der Waals surface area contributed by atoms with Gasteiger partial charge in [0.05, 0.1) is 28.6 Å². The molecule has 0 radical (unpaired) electrons. The molecule has 0 aliphatic rings. The lowest BCUT2D eigenvalue weighted by molar-refractivity contribution is 1.00. The summed E-state index contributed by atoms with van der Waals surface area (Å²) in [5.41, 5.74) is 6.21. The lowest BCUT2D eigenvalue weighted by atomic mass is 10.1. The average molecular weight is 393 g/mol. The highest BCUT2D eigenvalue weighted by molar-refractivity contribution is 5.83. The number of rotatable bonds is 5. The maximum atomic E-state index is 12.5. The number of hydrogen-bond donors (Lipinski definition) is 2. The van der Waals surface area contributed by atoms with Crippen molar-refractivity contribution in [1.29, 1.82) is 0 Å². The van der Waals surface area contributed by atoms with Crippen molar-refractivity contribution in [2.45, 2.75) is 6.54 Å². The fourth-order valence-corrected chi connectivity index (χ4v) is 3.52. The predicted octanol–water partition coefficient (Wildman–Crippen LogP) is 4.39. The van der Waals surface area contributed by atoms with Crippen molar-refractivity contribution < 1.29 is 0 Å². The summed E-state index contributed by atoms with van der Waals surface area (Å²) in [6.45, 7) is 0.726.